The van der Waals surface area contributed by atoms with E-state index in [2.05, 4.69) is 32.6 Å². The Morgan fingerprint density at radius 3 is 1.94 bits per heavy atom. The lowest BCUT2D eigenvalue weighted by Crippen LogP contribution is -2.45. The average Bonchev–Trinajstić information content (AvgIpc) is 2.70. The molecule has 4 rings (SSSR count). The first-order valence-electron chi connectivity index (χ1n) is 11.6. The molecule has 5 nitrogen and oxygen atoms in total. The molecule has 0 saturated carbocycles. The zero-order valence-electron chi connectivity index (χ0n) is 20.5. The predicted octanol–water partition coefficient (Wildman–Crippen LogP) is 5.68. The van der Waals surface area contributed by atoms with Gasteiger partial charge in [-0.3, -0.25) is 9.59 Å². The van der Waals surface area contributed by atoms with Crippen LogP contribution in [0.25, 0.3) is 0 Å². The van der Waals surface area contributed by atoms with Crippen LogP contribution in [-0.4, -0.2) is 43.8 Å². The van der Waals surface area contributed by atoms with Crippen molar-refractivity contribution in [1.82, 2.24) is 4.90 Å². The van der Waals surface area contributed by atoms with E-state index in [9.17, 15) is 9.59 Å². The van der Waals surface area contributed by atoms with E-state index in [-0.39, 0.29) is 22.4 Å². The smallest absolute Gasteiger partial charge is 0.162 e. The molecule has 33 heavy (non-hydrogen) atoms. The summed E-state index contributed by atoms with van der Waals surface area (Å²) in [7, 11) is 3.26. The summed E-state index contributed by atoms with van der Waals surface area (Å²) in [6.45, 7) is 9.71. The van der Waals surface area contributed by atoms with E-state index >= 15 is 0 Å². The Morgan fingerprint density at radius 1 is 0.939 bits per heavy atom. The minimum absolute atomic E-state index is 0.116. The maximum absolute atomic E-state index is 13.7. The van der Waals surface area contributed by atoms with Gasteiger partial charge < -0.3 is 14.4 Å². The number of rotatable bonds is 5. The van der Waals surface area contributed by atoms with Gasteiger partial charge in [-0.15, -0.1) is 0 Å². The standard InChI is InChI=1S/C27H34ClNO4/c1-26(2)12-18-24(20(30)14-26)23(16-7-8-22(33-6)17(28)11-16)25-19(29(18)9-10-32-5)13-27(3,4)15-21(25)31/h7-8,11,23H,9-10,12-15H2,1-6H3. The minimum atomic E-state index is -0.399. The van der Waals surface area contributed by atoms with Gasteiger partial charge in [0.25, 0.3) is 0 Å². The number of Topliss-reactive ketones (excluding diaryl/α,β-unsaturated/α-hetero) is 2. The SMILES string of the molecule is COCCN1C2=C(C(=O)CC(C)(C)C2)C(c2ccc(OC)c(Cl)c2)C2=C1CC(C)(C)CC2=O. The Kier molecular flexibility index (Phi) is 6.25. The van der Waals surface area contributed by atoms with Crippen LogP contribution in [0.15, 0.2) is 40.7 Å². The number of benzene rings is 1. The quantitative estimate of drug-likeness (QED) is 0.552. The molecule has 1 heterocycles. The zero-order chi connectivity index (χ0) is 24.1. The molecule has 0 aromatic heterocycles. The van der Waals surface area contributed by atoms with Gasteiger partial charge >= 0.3 is 0 Å². The van der Waals surface area contributed by atoms with E-state index in [1.807, 2.05) is 18.2 Å². The number of ketones is 2. The van der Waals surface area contributed by atoms with Gasteiger partial charge in [-0.2, -0.15) is 0 Å². The fourth-order valence-corrected chi connectivity index (χ4v) is 5.96. The summed E-state index contributed by atoms with van der Waals surface area (Å²) in [5, 5.41) is 0.480. The summed E-state index contributed by atoms with van der Waals surface area (Å²) in [6, 6.07) is 5.62. The third-order valence-corrected chi connectivity index (χ3v) is 7.35. The first kappa shape index (κ1) is 24.0. The number of nitrogens with zero attached hydrogens (tertiary/aromatic N) is 1. The minimum Gasteiger partial charge on any atom is -0.495 e. The molecule has 1 aromatic rings. The molecule has 1 aliphatic heterocycles. The molecule has 0 amide bonds. The molecule has 0 atom stereocenters. The first-order valence-corrected chi connectivity index (χ1v) is 12.0. The Balaban J connectivity index is 1.98. The second-order valence-corrected chi connectivity index (χ2v) is 11.5. The number of hydrogen-bond donors (Lipinski definition) is 0. The molecule has 1 aromatic carbocycles. The number of carbonyl (C=O) groups is 2. The number of halogens is 1. The average molecular weight is 472 g/mol. The Hall–Kier alpha value is -2.11. The molecule has 0 spiro atoms. The predicted molar refractivity (Wildman–Crippen MR) is 129 cm³/mol. The van der Waals surface area contributed by atoms with Gasteiger partial charge in [0.1, 0.15) is 5.75 Å². The van der Waals surface area contributed by atoms with E-state index in [0.717, 1.165) is 40.9 Å². The highest BCUT2D eigenvalue weighted by atomic mass is 35.5. The van der Waals surface area contributed by atoms with Crippen molar-refractivity contribution in [3.05, 3.63) is 51.3 Å². The van der Waals surface area contributed by atoms with Gasteiger partial charge in [-0.25, -0.2) is 0 Å². The van der Waals surface area contributed by atoms with Crippen LogP contribution < -0.4 is 4.74 Å². The maximum Gasteiger partial charge on any atom is 0.162 e. The normalized spacial score (nSPS) is 22.5. The third-order valence-electron chi connectivity index (χ3n) is 7.05. The fraction of sp³-hybridized carbons (Fsp3) is 0.556. The maximum atomic E-state index is 13.7. The highest BCUT2D eigenvalue weighted by Gasteiger charge is 2.48. The van der Waals surface area contributed by atoms with Crippen molar-refractivity contribution in [3.63, 3.8) is 0 Å². The van der Waals surface area contributed by atoms with Crippen molar-refractivity contribution in [3.8, 4) is 5.75 Å². The van der Waals surface area contributed by atoms with Crippen molar-refractivity contribution in [2.24, 2.45) is 10.8 Å². The monoisotopic (exact) mass is 471 g/mol. The lowest BCUT2D eigenvalue weighted by molar-refractivity contribution is -0.119. The fourth-order valence-electron chi connectivity index (χ4n) is 5.70. The number of methoxy groups -OCH3 is 2. The molecule has 178 valence electrons. The highest BCUT2D eigenvalue weighted by Crippen LogP contribution is 2.54. The number of allylic oxidation sites excluding steroid dienone is 4. The van der Waals surface area contributed by atoms with E-state index in [1.165, 1.54) is 0 Å². The van der Waals surface area contributed by atoms with Gasteiger partial charge in [-0.05, 0) is 41.4 Å². The van der Waals surface area contributed by atoms with E-state index in [4.69, 9.17) is 21.1 Å². The van der Waals surface area contributed by atoms with E-state index < -0.39 is 5.92 Å². The summed E-state index contributed by atoms with van der Waals surface area (Å²) < 4.78 is 10.8. The summed E-state index contributed by atoms with van der Waals surface area (Å²) in [6.07, 6.45) is 2.49. The molecule has 0 bridgehead atoms. The molecule has 0 saturated heterocycles. The zero-order valence-corrected chi connectivity index (χ0v) is 21.3. The van der Waals surface area contributed by atoms with Gasteiger partial charge in [0.15, 0.2) is 11.6 Å². The molecule has 2 aliphatic carbocycles. The summed E-state index contributed by atoms with van der Waals surface area (Å²) in [4.78, 5) is 29.5. The summed E-state index contributed by atoms with van der Waals surface area (Å²) in [5.74, 6) is 0.410. The van der Waals surface area contributed by atoms with Crippen LogP contribution in [0.4, 0.5) is 0 Å². The van der Waals surface area contributed by atoms with Crippen molar-refractivity contribution in [2.45, 2.75) is 59.3 Å². The molecule has 0 fully saturated rings. The lowest BCUT2D eigenvalue weighted by atomic mass is 9.63. The molecule has 6 heteroatoms. The second kappa shape index (κ2) is 8.59. The van der Waals surface area contributed by atoms with Gasteiger partial charge in [0.2, 0.25) is 0 Å². The van der Waals surface area contributed by atoms with Crippen molar-refractivity contribution < 1.29 is 19.1 Å². The van der Waals surface area contributed by atoms with Crippen LogP contribution >= 0.6 is 11.6 Å². The molecule has 3 aliphatic rings. The Bertz CT molecular complexity index is 1010. The van der Waals surface area contributed by atoms with Crippen LogP contribution in [0, 0.1) is 10.8 Å². The van der Waals surface area contributed by atoms with E-state index in [1.54, 1.807) is 14.2 Å². The lowest BCUT2D eigenvalue weighted by Gasteiger charge is -2.49. The van der Waals surface area contributed by atoms with Crippen LogP contribution in [0.3, 0.4) is 0 Å². The van der Waals surface area contributed by atoms with Crippen molar-refractivity contribution >= 4 is 23.2 Å². The van der Waals surface area contributed by atoms with Crippen molar-refractivity contribution in [2.75, 3.05) is 27.4 Å². The molecule has 0 N–H and O–H groups in total. The summed E-state index contributed by atoms with van der Waals surface area (Å²) in [5.41, 5.74) is 4.15. The molecule has 0 unspecified atom stereocenters. The third kappa shape index (κ3) is 4.38. The van der Waals surface area contributed by atoms with Crippen LogP contribution in [0.5, 0.6) is 5.75 Å². The first-order chi connectivity index (χ1) is 15.5. The van der Waals surface area contributed by atoms with Crippen LogP contribution in [0.1, 0.15) is 64.9 Å². The number of hydrogen-bond acceptors (Lipinski definition) is 5. The topological polar surface area (TPSA) is 55.8 Å². The second-order valence-electron chi connectivity index (χ2n) is 11.1. The molecule has 0 radical (unpaired) electrons. The Labute approximate surface area is 201 Å². The van der Waals surface area contributed by atoms with Crippen LogP contribution in [-0.2, 0) is 14.3 Å². The van der Waals surface area contributed by atoms with Gasteiger partial charge in [0.05, 0.1) is 18.7 Å². The number of ether oxygens (including phenoxy) is 2. The van der Waals surface area contributed by atoms with Gasteiger partial charge in [-0.1, -0.05) is 45.4 Å². The molecular weight excluding hydrogens is 438 g/mol. The van der Waals surface area contributed by atoms with Gasteiger partial charge in [0, 0.05) is 55.0 Å². The largest absolute Gasteiger partial charge is 0.495 e. The molecular formula is C27H34ClNO4. The number of carbonyl (C=O) groups excluding carboxylic acids is 2. The van der Waals surface area contributed by atoms with Crippen molar-refractivity contribution in [1.29, 1.82) is 0 Å². The summed E-state index contributed by atoms with van der Waals surface area (Å²) >= 11 is 6.51. The van der Waals surface area contributed by atoms with Crippen LogP contribution in [0.2, 0.25) is 5.02 Å². The Morgan fingerprint density at radius 2 is 1.48 bits per heavy atom. The van der Waals surface area contributed by atoms with E-state index in [0.29, 0.717) is 36.8 Å². The highest BCUT2D eigenvalue weighted by molar-refractivity contribution is 6.32.